The molecule has 3 heterocycles. The third kappa shape index (κ3) is 2.97. The molecule has 0 fully saturated rings. The second kappa shape index (κ2) is 6.47. The Kier molecular flexibility index (Phi) is 4.00. The predicted molar refractivity (Wildman–Crippen MR) is 97.7 cm³/mol. The molecule has 0 spiro atoms. The Morgan fingerprint density at radius 2 is 2.15 bits per heavy atom. The molecule has 0 aliphatic rings. The second-order valence-corrected chi connectivity index (χ2v) is 6.13. The van der Waals surface area contributed by atoms with Crippen LogP contribution < -0.4 is 10.2 Å². The van der Waals surface area contributed by atoms with Gasteiger partial charge in [0.15, 0.2) is 11.5 Å². The minimum Gasteiger partial charge on any atom is -0.459 e. The summed E-state index contributed by atoms with van der Waals surface area (Å²) in [5.41, 5.74) is 2.08. The van der Waals surface area contributed by atoms with Crippen LogP contribution in [0.3, 0.4) is 0 Å². The van der Waals surface area contributed by atoms with E-state index in [1.807, 2.05) is 37.3 Å². The van der Waals surface area contributed by atoms with Crippen molar-refractivity contribution in [3.8, 4) is 0 Å². The maximum Gasteiger partial charge on any atom is 0.240 e. The molecule has 0 radical (unpaired) electrons. The first-order valence-corrected chi connectivity index (χ1v) is 8.25. The number of para-hydroxylation sites is 1. The molecule has 8 heteroatoms. The van der Waals surface area contributed by atoms with Gasteiger partial charge in [-0.2, -0.15) is 0 Å². The lowest BCUT2D eigenvalue weighted by Crippen LogP contribution is -2.36. The van der Waals surface area contributed by atoms with E-state index in [9.17, 15) is 4.79 Å². The number of nitrogens with one attached hydrogen (secondary N) is 2. The van der Waals surface area contributed by atoms with E-state index >= 15 is 0 Å². The fourth-order valence-electron chi connectivity index (χ4n) is 2.91. The topological polar surface area (TPSA) is 99.9 Å². The number of carbonyl (C=O) groups is 1. The van der Waals surface area contributed by atoms with Gasteiger partial charge in [0.1, 0.15) is 23.2 Å². The third-order valence-electron chi connectivity index (χ3n) is 4.19. The van der Waals surface area contributed by atoms with Crippen molar-refractivity contribution in [3.63, 3.8) is 0 Å². The molecule has 4 aromatic rings. The molecule has 132 valence electrons. The van der Waals surface area contributed by atoms with Crippen molar-refractivity contribution in [1.29, 1.82) is 0 Å². The summed E-state index contributed by atoms with van der Waals surface area (Å²) < 4.78 is 5.81. The van der Waals surface area contributed by atoms with E-state index in [0.29, 0.717) is 17.0 Å². The van der Waals surface area contributed by atoms with Gasteiger partial charge in [-0.05, 0) is 19.1 Å². The van der Waals surface area contributed by atoms with Gasteiger partial charge in [0.05, 0.1) is 18.9 Å². The van der Waals surface area contributed by atoms with Gasteiger partial charge in [0.2, 0.25) is 5.91 Å². The van der Waals surface area contributed by atoms with Gasteiger partial charge in [-0.1, -0.05) is 18.2 Å². The van der Waals surface area contributed by atoms with Crippen molar-refractivity contribution in [2.75, 3.05) is 18.5 Å². The third-order valence-corrected chi connectivity index (χ3v) is 4.19. The molecule has 0 aliphatic heterocycles. The van der Waals surface area contributed by atoms with Crippen LogP contribution in [0.2, 0.25) is 0 Å². The molecule has 0 saturated carbocycles. The lowest BCUT2D eigenvalue weighted by Gasteiger charge is -2.19. The average Bonchev–Trinajstić information content (AvgIpc) is 3.27. The molecule has 0 aliphatic carbocycles. The zero-order valence-corrected chi connectivity index (χ0v) is 14.4. The fraction of sp³-hybridized carbons (Fsp3) is 0.222. The molecular formula is C18H18N6O2. The Hall–Kier alpha value is -3.42. The number of rotatable bonds is 5. The number of fused-ring (bicyclic) bond motifs is 2. The molecule has 1 atom stereocenters. The highest BCUT2D eigenvalue weighted by atomic mass is 16.3. The van der Waals surface area contributed by atoms with Crippen LogP contribution in [0.1, 0.15) is 18.7 Å². The summed E-state index contributed by atoms with van der Waals surface area (Å²) in [4.78, 5) is 29.6. The Labute approximate surface area is 149 Å². The fourth-order valence-corrected chi connectivity index (χ4v) is 2.91. The quantitative estimate of drug-likeness (QED) is 0.573. The summed E-state index contributed by atoms with van der Waals surface area (Å²) in [7, 11) is 1.80. The number of imidazole rings is 1. The van der Waals surface area contributed by atoms with Crippen LogP contribution in [-0.4, -0.2) is 39.4 Å². The van der Waals surface area contributed by atoms with E-state index in [4.69, 9.17) is 4.42 Å². The summed E-state index contributed by atoms with van der Waals surface area (Å²) in [6.45, 7) is 2.04. The first-order valence-electron chi connectivity index (χ1n) is 8.25. The van der Waals surface area contributed by atoms with Gasteiger partial charge < -0.3 is 19.6 Å². The summed E-state index contributed by atoms with van der Waals surface area (Å²) in [6.07, 6.45) is 2.99. The van der Waals surface area contributed by atoms with E-state index in [2.05, 4.69) is 25.3 Å². The Bertz CT molecular complexity index is 1040. The number of hydrogen-bond acceptors (Lipinski definition) is 6. The highest BCUT2D eigenvalue weighted by Gasteiger charge is 2.17. The normalized spacial score (nSPS) is 12.4. The number of H-pyrrole nitrogens is 1. The summed E-state index contributed by atoms with van der Waals surface area (Å²) in [5.74, 6) is 1.21. The van der Waals surface area contributed by atoms with E-state index in [0.717, 1.165) is 16.7 Å². The van der Waals surface area contributed by atoms with Crippen molar-refractivity contribution in [2.24, 2.45) is 0 Å². The zero-order valence-electron chi connectivity index (χ0n) is 14.4. The minimum atomic E-state index is -0.235. The molecule has 1 amide bonds. The van der Waals surface area contributed by atoms with E-state index in [-0.39, 0.29) is 18.5 Å². The van der Waals surface area contributed by atoms with Crippen LogP contribution >= 0.6 is 0 Å². The number of anilines is 1. The summed E-state index contributed by atoms with van der Waals surface area (Å²) in [5, 5.41) is 3.97. The monoisotopic (exact) mass is 350 g/mol. The van der Waals surface area contributed by atoms with Gasteiger partial charge in [-0.3, -0.25) is 4.79 Å². The minimum absolute atomic E-state index is 0.133. The first kappa shape index (κ1) is 16.1. The summed E-state index contributed by atoms with van der Waals surface area (Å²) >= 11 is 0. The highest BCUT2D eigenvalue weighted by molar-refractivity contribution is 5.87. The Morgan fingerprint density at radius 3 is 3.00 bits per heavy atom. The van der Waals surface area contributed by atoms with Gasteiger partial charge in [0, 0.05) is 12.4 Å². The summed E-state index contributed by atoms with van der Waals surface area (Å²) in [6, 6.07) is 9.48. The second-order valence-electron chi connectivity index (χ2n) is 6.13. The average molecular weight is 350 g/mol. The largest absolute Gasteiger partial charge is 0.459 e. The van der Waals surface area contributed by atoms with Crippen LogP contribution in [0.4, 0.5) is 5.82 Å². The van der Waals surface area contributed by atoms with Crippen molar-refractivity contribution < 1.29 is 9.21 Å². The van der Waals surface area contributed by atoms with Gasteiger partial charge in [0.25, 0.3) is 0 Å². The van der Waals surface area contributed by atoms with Crippen LogP contribution in [0, 0.1) is 0 Å². The molecule has 0 saturated heterocycles. The Balaban J connectivity index is 1.45. The molecule has 8 nitrogen and oxygen atoms in total. The van der Waals surface area contributed by atoms with Crippen molar-refractivity contribution in [3.05, 3.63) is 48.7 Å². The van der Waals surface area contributed by atoms with Crippen LogP contribution in [0.5, 0.6) is 0 Å². The number of furan rings is 1. The molecule has 0 bridgehead atoms. The highest BCUT2D eigenvalue weighted by Crippen LogP contribution is 2.23. The zero-order chi connectivity index (χ0) is 18.1. The number of carbonyl (C=O) groups excluding carboxylic acids is 1. The van der Waals surface area contributed by atoms with Gasteiger partial charge in [-0.15, -0.1) is 0 Å². The standard InChI is InChI=1S/C18H18N6O2/c1-11(14-7-12-5-3-4-6-13(12)26-14)23-15(25)8-24(2)18-16-17(20-9-19-16)21-10-22-18/h3-7,9-11H,8H2,1-2H3,(H,23,25)(H,19,20,21,22)/t11-/m1/s1. The lowest BCUT2D eigenvalue weighted by atomic mass is 10.2. The van der Waals surface area contributed by atoms with Crippen molar-refractivity contribution in [1.82, 2.24) is 25.3 Å². The molecule has 26 heavy (non-hydrogen) atoms. The first-order chi connectivity index (χ1) is 12.6. The van der Waals surface area contributed by atoms with Gasteiger partial charge >= 0.3 is 0 Å². The molecule has 3 aromatic heterocycles. The van der Waals surface area contributed by atoms with Gasteiger partial charge in [-0.25, -0.2) is 15.0 Å². The SMILES string of the molecule is C[C@@H](NC(=O)CN(C)c1ncnc2nc[nH]c12)c1cc2ccccc2o1. The maximum absolute atomic E-state index is 12.4. The molecule has 0 unspecified atom stereocenters. The number of amides is 1. The van der Waals surface area contributed by atoms with Crippen molar-refractivity contribution >= 4 is 33.9 Å². The van der Waals surface area contributed by atoms with Crippen LogP contribution in [-0.2, 0) is 4.79 Å². The number of aromatic amines is 1. The molecule has 4 rings (SSSR count). The van der Waals surface area contributed by atoms with Crippen LogP contribution in [0.15, 0.2) is 47.4 Å². The van der Waals surface area contributed by atoms with Crippen LogP contribution in [0.25, 0.3) is 22.1 Å². The Morgan fingerprint density at radius 1 is 1.31 bits per heavy atom. The smallest absolute Gasteiger partial charge is 0.240 e. The maximum atomic E-state index is 12.4. The number of nitrogens with zero attached hydrogens (tertiary/aromatic N) is 4. The number of aromatic nitrogens is 4. The predicted octanol–water partition coefficient (Wildman–Crippen LogP) is 2.41. The molecular weight excluding hydrogens is 332 g/mol. The lowest BCUT2D eigenvalue weighted by molar-refractivity contribution is -0.120. The van der Waals surface area contributed by atoms with Crippen molar-refractivity contribution in [2.45, 2.75) is 13.0 Å². The molecule has 2 N–H and O–H groups in total. The number of likely N-dealkylation sites (N-methyl/N-ethyl adjacent to an activating group) is 1. The number of benzene rings is 1. The van der Waals surface area contributed by atoms with E-state index < -0.39 is 0 Å². The molecule has 1 aromatic carbocycles. The van der Waals surface area contributed by atoms with E-state index in [1.54, 1.807) is 18.3 Å². The number of hydrogen-bond donors (Lipinski definition) is 2. The van der Waals surface area contributed by atoms with E-state index in [1.165, 1.54) is 6.33 Å².